The molecule has 4 nitrogen and oxygen atoms in total. The molecule has 1 aromatic rings. The first-order valence-corrected chi connectivity index (χ1v) is 6.75. The second-order valence-electron chi connectivity index (χ2n) is 3.95. The number of nitrogens with one attached hydrogen (secondary N) is 1. The van der Waals surface area contributed by atoms with Crippen LogP contribution in [0.5, 0.6) is 5.75 Å². The molecule has 0 aliphatic heterocycles. The van der Waals surface area contributed by atoms with Crippen LogP contribution in [0.1, 0.15) is 19.8 Å². The van der Waals surface area contributed by atoms with Crippen molar-refractivity contribution in [3.63, 3.8) is 0 Å². The van der Waals surface area contributed by atoms with Gasteiger partial charge in [-0.2, -0.15) is 0 Å². The Bertz CT molecular complexity index is 384. The van der Waals surface area contributed by atoms with Crippen molar-refractivity contribution >= 4 is 21.8 Å². The molecule has 0 aliphatic rings. The van der Waals surface area contributed by atoms with Crippen LogP contribution in [0, 0.1) is 0 Å². The molecule has 1 amide bonds. The molecule has 100 valence electrons. The first-order valence-electron chi connectivity index (χ1n) is 5.95. The van der Waals surface area contributed by atoms with Gasteiger partial charge in [0, 0.05) is 13.0 Å². The van der Waals surface area contributed by atoms with Crippen molar-refractivity contribution in [2.24, 2.45) is 0 Å². The minimum absolute atomic E-state index is 0.0440. The summed E-state index contributed by atoms with van der Waals surface area (Å²) < 4.78 is 6.28. The maximum absolute atomic E-state index is 11.2. The Morgan fingerprint density at radius 2 is 2.22 bits per heavy atom. The second-order valence-corrected chi connectivity index (χ2v) is 4.80. The van der Waals surface area contributed by atoms with E-state index in [0.717, 1.165) is 10.9 Å². The minimum atomic E-state index is -0.710. The lowest BCUT2D eigenvalue weighted by atomic mass is 10.3. The van der Waals surface area contributed by atoms with Crippen LogP contribution in [0.2, 0.25) is 0 Å². The number of aliphatic hydroxyl groups is 1. The van der Waals surface area contributed by atoms with Crippen molar-refractivity contribution in [3.05, 3.63) is 28.7 Å². The molecule has 2 N–H and O–H groups in total. The lowest BCUT2D eigenvalue weighted by molar-refractivity contribution is -0.121. The van der Waals surface area contributed by atoms with Crippen molar-refractivity contribution in [3.8, 4) is 5.75 Å². The topological polar surface area (TPSA) is 58.6 Å². The number of hydrogen-bond donors (Lipinski definition) is 2. The molecule has 18 heavy (non-hydrogen) atoms. The van der Waals surface area contributed by atoms with Gasteiger partial charge >= 0.3 is 0 Å². The number of carbonyl (C=O) groups excluding carboxylic acids is 1. The van der Waals surface area contributed by atoms with E-state index in [0.29, 0.717) is 12.2 Å². The van der Waals surface area contributed by atoms with Gasteiger partial charge in [0.05, 0.1) is 4.47 Å². The van der Waals surface area contributed by atoms with Gasteiger partial charge in [-0.25, -0.2) is 0 Å². The van der Waals surface area contributed by atoms with Crippen molar-refractivity contribution in [2.45, 2.75) is 25.9 Å². The Labute approximate surface area is 115 Å². The Morgan fingerprint density at radius 3 is 2.89 bits per heavy atom. The van der Waals surface area contributed by atoms with E-state index >= 15 is 0 Å². The Morgan fingerprint density at radius 1 is 1.50 bits per heavy atom. The first-order chi connectivity index (χ1) is 8.63. The molecule has 0 fully saturated rings. The number of ether oxygens (including phenoxy) is 1. The van der Waals surface area contributed by atoms with Crippen molar-refractivity contribution in [1.82, 2.24) is 5.32 Å². The molecular formula is C13H18BrNO3. The van der Waals surface area contributed by atoms with Gasteiger partial charge in [-0.05, 0) is 34.5 Å². The average molecular weight is 316 g/mol. The average Bonchev–Trinajstić information content (AvgIpc) is 2.36. The van der Waals surface area contributed by atoms with Crippen molar-refractivity contribution in [1.29, 1.82) is 0 Å². The largest absolute Gasteiger partial charge is 0.490 e. The van der Waals surface area contributed by atoms with Crippen LogP contribution in [0.25, 0.3) is 0 Å². The highest BCUT2D eigenvalue weighted by molar-refractivity contribution is 9.10. The molecule has 0 radical (unpaired) electrons. The summed E-state index contributed by atoms with van der Waals surface area (Å²) in [5.74, 6) is 0.633. The number of para-hydroxylation sites is 1. The molecule has 0 saturated heterocycles. The highest BCUT2D eigenvalue weighted by atomic mass is 79.9. The van der Waals surface area contributed by atoms with E-state index in [4.69, 9.17) is 4.74 Å². The number of hydrogen-bond acceptors (Lipinski definition) is 3. The summed E-state index contributed by atoms with van der Waals surface area (Å²) in [5, 5.41) is 12.3. The fraction of sp³-hybridized carbons (Fsp3) is 0.462. The summed E-state index contributed by atoms with van der Waals surface area (Å²) in [6, 6.07) is 7.42. The molecule has 0 aliphatic carbocycles. The third-order valence-electron chi connectivity index (χ3n) is 2.28. The third-order valence-corrected chi connectivity index (χ3v) is 2.93. The zero-order chi connectivity index (χ0) is 13.4. The third kappa shape index (κ3) is 5.51. The maximum atomic E-state index is 11.2. The molecule has 0 spiro atoms. The van der Waals surface area contributed by atoms with Crippen LogP contribution in [0.4, 0.5) is 0 Å². The fourth-order valence-corrected chi connectivity index (χ4v) is 1.75. The van der Waals surface area contributed by atoms with Gasteiger partial charge in [0.2, 0.25) is 5.91 Å². The van der Waals surface area contributed by atoms with E-state index in [1.165, 1.54) is 0 Å². The van der Waals surface area contributed by atoms with E-state index in [1.54, 1.807) is 0 Å². The molecular weight excluding hydrogens is 298 g/mol. The monoisotopic (exact) mass is 315 g/mol. The predicted molar refractivity (Wildman–Crippen MR) is 73.6 cm³/mol. The van der Waals surface area contributed by atoms with Gasteiger partial charge < -0.3 is 15.2 Å². The summed E-state index contributed by atoms with van der Waals surface area (Å²) in [4.78, 5) is 11.2. The van der Waals surface area contributed by atoms with Gasteiger partial charge in [0.15, 0.2) is 0 Å². The van der Waals surface area contributed by atoms with Crippen LogP contribution in [-0.2, 0) is 4.79 Å². The zero-order valence-corrected chi connectivity index (χ0v) is 11.9. The molecule has 0 bridgehead atoms. The lowest BCUT2D eigenvalue weighted by Crippen LogP contribution is -2.35. The molecule has 1 rings (SSSR count). The molecule has 0 heterocycles. The number of halogens is 1. The SMILES string of the molecule is CCCC(=O)NCC(O)COc1ccccc1Br. The highest BCUT2D eigenvalue weighted by Gasteiger charge is 2.08. The normalized spacial score (nSPS) is 11.9. The standard InChI is InChI=1S/C13H18BrNO3/c1-2-5-13(17)15-8-10(16)9-18-12-7-4-3-6-11(12)14/h3-4,6-7,10,16H,2,5,8-9H2,1H3,(H,15,17). The van der Waals surface area contributed by atoms with Gasteiger partial charge in [-0.1, -0.05) is 19.1 Å². The van der Waals surface area contributed by atoms with Gasteiger partial charge in [-0.15, -0.1) is 0 Å². The van der Waals surface area contributed by atoms with Gasteiger partial charge in [0.25, 0.3) is 0 Å². The number of aliphatic hydroxyl groups excluding tert-OH is 1. The van der Waals surface area contributed by atoms with Crippen LogP contribution < -0.4 is 10.1 Å². The number of rotatable bonds is 7. The van der Waals surface area contributed by atoms with Crippen LogP contribution in [0.15, 0.2) is 28.7 Å². The molecule has 5 heteroatoms. The number of amides is 1. The zero-order valence-electron chi connectivity index (χ0n) is 10.4. The van der Waals surface area contributed by atoms with Gasteiger partial charge in [0.1, 0.15) is 18.5 Å². The molecule has 1 unspecified atom stereocenters. The summed E-state index contributed by atoms with van der Waals surface area (Å²) in [5.41, 5.74) is 0. The lowest BCUT2D eigenvalue weighted by Gasteiger charge is -2.14. The van der Waals surface area contributed by atoms with E-state index in [-0.39, 0.29) is 19.1 Å². The Kier molecular flexibility index (Phi) is 6.75. The highest BCUT2D eigenvalue weighted by Crippen LogP contribution is 2.23. The molecule has 0 aromatic heterocycles. The Balaban J connectivity index is 2.27. The van der Waals surface area contributed by atoms with Crippen LogP contribution in [0.3, 0.4) is 0 Å². The molecule has 0 saturated carbocycles. The number of carbonyl (C=O) groups is 1. The van der Waals surface area contributed by atoms with E-state index in [1.807, 2.05) is 31.2 Å². The van der Waals surface area contributed by atoms with E-state index in [9.17, 15) is 9.90 Å². The van der Waals surface area contributed by atoms with E-state index < -0.39 is 6.10 Å². The second kappa shape index (κ2) is 8.11. The fourth-order valence-electron chi connectivity index (χ4n) is 1.35. The quantitative estimate of drug-likeness (QED) is 0.810. The van der Waals surface area contributed by atoms with Gasteiger partial charge in [-0.3, -0.25) is 4.79 Å². The Hall–Kier alpha value is -1.07. The minimum Gasteiger partial charge on any atom is -0.490 e. The maximum Gasteiger partial charge on any atom is 0.220 e. The van der Waals surface area contributed by atoms with Crippen molar-refractivity contribution in [2.75, 3.05) is 13.2 Å². The van der Waals surface area contributed by atoms with Crippen LogP contribution >= 0.6 is 15.9 Å². The summed E-state index contributed by atoms with van der Waals surface area (Å²) in [6.07, 6.45) is 0.575. The summed E-state index contributed by atoms with van der Waals surface area (Å²) in [6.45, 7) is 2.30. The first kappa shape index (κ1) is 15.0. The number of benzene rings is 1. The smallest absolute Gasteiger partial charge is 0.220 e. The summed E-state index contributed by atoms with van der Waals surface area (Å²) >= 11 is 3.35. The van der Waals surface area contributed by atoms with Crippen LogP contribution in [-0.4, -0.2) is 30.3 Å². The molecule has 1 aromatic carbocycles. The van der Waals surface area contributed by atoms with Crippen molar-refractivity contribution < 1.29 is 14.6 Å². The predicted octanol–water partition coefficient (Wildman–Crippen LogP) is 2.11. The molecule has 1 atom stereocenters. The van der Waals surface area contributed by atoms with E-state index in [2.05, 4.69) is 21.2 Å². The summed E-state index contributed by atoms with van der Waals surface area (Å²) in [7, 11) is 0.